The zero-order valence-electron chi connectivity index (χ0n) is 11.2. The molecule has 0 heterocycles. The molecule has 0 spiro atoms. The predicted molar refractivity (Wildman–Crippen MR) is 99.0 cm³/mol. The molecule has 2 aromatic rings. The summed E-state index contributed by atoms with van der Waals surface area (Å²) in [5.41, 5.74) is 1.79. The summed E-state index contributed by atoms with van der Waals surface area (Å²) in [4.78, 5) is 12.4. The molecule has 1 N–H and O–H groups in total. The molecule has 0 bridgehead atoms. The van der Waals surface area contributed by atoms with Gasteiger partial charge in [-0.1, -0.05) is 30.3 Å². The Labute approximate surface area is 151 Å². The minimum atomic E-state index is -0.109. The van der Waals surface area contributed by atoms with E-state index in [2.05, 4.69) is 43.8 Å². The number of benzene rings is 2. The molecule has 5 heteroatoms. The maximum absolute atomic E-state index is 12.4. The molecule has 1 atom stereocenters. The van der Waals surface area contributed by atoms with Crippen molar-refractivity contribution in [3.05, 3.63) is 67.7 Å². The molecule has 0 fully saturated rings. The van der Waals surface area contributed by atoms with E-state index in [0.717, 1.165) is 20.0 Å². The van der Waals surface area contributed by atoms with Gasteiger partial charge in [-0.3, -0.25) is 4.79 Å². The van der Waals surface area contributed by atoms with Gasteiger partial charge in [0.2, 0.25) is 0 Å². The first-order valence-electron chi connectivity index (χ1n) is 6.46. The molecule has 0 radical (unpaired) electrons. The van der Waals surface area contributed by atoms with Crippen LogP contribution in [0.15, 0.2) is 53.0 Å². The molecule has 0 saturated heterocycles. The number of hydrogen-bond acceptors (Lipinski definition) is 1. The SMILES string of the molecule is O=C(NC(CCl)Cc1ccccc1)c1cc(I)ccc1Br. The van der Waals surface area contributed by atoms with Crippen molar-refractivity contribution in [3.8, 4) is 0 Å². The molecular weight excluding hydrogens is 464 g/mol. The first kappa shape index (κ1) is 16.8. The monoisotopic (exact) mass is 477 g/mol. The van der Waals surface area contributed by atoms with Crippen LogP contribution in [-0.4, -0.2) is 17.8 Å². The van der Waals surface area contributed by atoms with Crippen molar-refractivity contribution < 1.29 is 4.79 Å². The van der Waals surface area contributed by atoms with Crippen LogP contribution < -0.4 is 5.32 Å². The number of nitrogens with one attached hydrogen (secondary N) is 1. The predicted octanol–water partition coefficient (Wildman–Crippen LogP) is 4.63. The highest BCUT2D eigenvalue weighted by molar-refractivity contribution is 14.1. The van der Waals surface area contributed by atoms with Crippen molar-refractivity contribution in [2.45, 2.75) is 12.5 Å². The standard InChI is InChI=1S/C16H14BrClINO/c17-15-7-6-12(19)9-14(15)16(21)20-13(10-18)8-11-4-2-1-3-5-11/h1-7,9,13H,8,10H2,(H,20,21). The van der Waals surface area contributed by atoms with Gasteiger partial charge in [-0.25, -0.2) is 0 Å². The number of carbonyl (C=O) groups excluding carboxylic acids is 1. The van der Waals surface area contributed by atoms with Gasteiger partial charge in [0.1, 0.15) is 0 Å². The lowest BCUT2D eigenvalue weighted by molar-refractivity contribution is 0.0939. The van der Waals surface area contributed by atoms with Crippen molar-refractivity contribution in [2.75, 3.05) is 5.88 Å². The number of amides is 1. The Kier molecular flexibility index (Phi) is 6.51. The summed E-state index contributed by atoms with van der Waals surface area (Å²) in [7, 11) is 0. The van der Waals surface area contributed by atoms with E-state index in [9.17, 15) is 4.79 Å². The van der Waals surface area contributed by atoms with Crippen molar-refractivity contribution in [2.24, 2.45) is 0 Å². The minimum absolute atomic E-state index is 0.0914. The third-order valence-electron chi connectivity index (χ3n) is 3.02. The van der Waals surface area contributed by atoms with Crippen LogP contribution >= 0.6 is 50.1 Å². The van der Waals surface area contributed by atoms with E-state index in [0.29, 0.717) is 11.4 Å². The van der Waals surface area contributed by atoms with Crippen LogP contribution in [0.1, 0.15) is 15.9 Å². The van der Waals surface area contributed by atoms with Gasteiger partial charge in [0.25, 0.3) is 5.91 Å². The summed E-state index contributed by atoms with van der Waals surface area (Å²) in [6, 6.07) is 15.6. The lowest BCUT2D eigenvalue weighted by Crippen LogP contribution is -2.38. The number of alkyl halides is 1. The average Bonchev–Trinajstić information content (AvgIpc) is 2.50. The maximum atomic E-state index is 12.4. The molecule has 110 valence electrons. The second-order valence-corrected chi connectivity index (χ2v) is 7.05. The van der Waals surface area contributed by atoms with Gasteiger partial charge >= 0.3 is 0 Å². The molecular formula is C16H14BrClINO. The molecule has 2 rings (SSSR count). The second-order valence-electron chi connectivity index (χ2n) is 4.64. The van der Waals surface area contributed by atoms with E-state index >= 15 is 0 Å². The Morgan fingerprint density at radius 3 is 2.62 bits per heavy atom. The minimum Gasteiger partial charge on any atom is -0.348 e. The summed E-state index contributed by atoms with van der Waals surface area (Å²) in [5, 5.41) is 3.00. The lowest BCUT2D eigenvalue weighted by atomic mass is 10.1. The van der Waals surface area contributed by atoms with Gasteiger partial charge in [0, 0.05) is 20.0 Å². The van der Waals surface area contributed by atoms with Crippen LogP contribution in [0, 0.1) is 3.57 Å². The third-order valence-corrected chi connectivity index (χ3v) is 4.75. The van der Waals surface area contributed by atoms with E-state index in [1.807, 2.05) is 48.5 Å². The molecule has 1 unspecified atom stereocenters. The number of rotatable bonds is 5. The highest BCUT2D eigenvalue weighted by Crippen LogP contribution is 2.19. The zero-order valence-corrected chi connectivity index (χ0v) is 15.7. The van der Waals surface area contributed by atoms with E-state index < -0.39 is 0 Å². The summed E-state index contributed by atoms with van der Waals surface area (Å²) in [6.45, 7) is 0. The van der Waals surface area contributed by atoms with Crippen LogP contribution in [0.5, 0.6) is 0 Å². The Hall–Kier alpha value is -0.590. The summed E-state index contributed by atoms with van der Waals surface area (Å²) >= 11 is 11.6. The van der Waals surface area contributed by atoms with Crippen molar-refractivity contribution in [3.63, 3.8) is 0 Å². The first-order chi connectivity index (χ1) is 10.1. The Balaban J connectivity index is 2.07. The van der Waals surface area contributed by atoms with Crippen LogP contribution in [0.4, 0.5) is 0 Å². The molecule has 2 aromatic carbocycles. The summed E-state index contributed by atoms with van der Waals surface area (Å²) in [5.74, 6) is 0.268. The Morgan fingerprint density at radius 2 is 1.95 bits per heavy atom. The molecule has 21 heavy (non-hydrogen) atoms. The van der Waals surface area contributed by atoms with Gasteiger partial charge in [-0.05, 0) is 68.7 Å². The van der Waals surface area contributed by atoms with Gasteiger partial charge in [0.05, 0.1) is 5.56 Å². The highest BCUT2D eigenvalue weighted by Gasteiger charge is 2.16. The number of carbonyl (C=O) groups is 1. The molecule has 0 aliphatic carbocycles. The third kappa shape index (κ3) is 4.97. The second kappa shape index (κ2) is 8.15. The molecule has 2 nitrogen and oxygen atoms in total. The normalized spacial score (nSPS) is 12.0. The van der Waals surface area contributed by atoms with E-state index in [1.54, 1.807) is 0 Å². The van der Waals surface area contributed by atoms with E-state index in [1.165, 1.54) is 0 Å². The first-order valence-corrected chi connectivity index (χ1v) is 8.86. The quantitative estimate of drug-likeness (QED) is 0.493. The van der Waals surface area contributed by atoms with Gasteiger partial charge in [-0.2, -0.15) is 0 Å². The molecule has 0 aliphatic rings. The fourth-order valence-electron chi connectivity index (χ4n) is 1.98. The van der Waals surface area contributed by atoms with E-state index in [4.69, 9.17) is 11.6 Å². The van der Waals surface area contributed by atoms with Gasteiger partial charge in [0.15, 0.2) is 0 Å². The Bertz CT molecular complexity index is 621. The fraction of sp³-hybridized carbons (Fsp3) is 0.188. The van der Waals surface area contributed by atoms with Gasteiger partial charge in [-0.15, -0.1) is 11.6 Å². The average molecular weight is 479 g/mol. The lowest BCUT2D eigenvalue weighted by Gasteiger charge is -2.17. The van der Waals surface area contributed by atoms with Crippen molar-refractivity contribution in [1.29, 1.82) is 0 Å². The fourth-order valence-corrected chi connectivity index (χ4v) is 3.08. The van der Waals surface area contributed by atoms with E-state index in [-0.39, 0.29) is 11.9 Å². The van der Waals surface area contributed by atoms with Gasteiger partial charge < -0.3 is 5.32 Å². The van der Waals surface area contributed by atoms with Crippen LogP contribution in [0.3, 0.4) is 0 Å². The number of hydrogen-bond donors (Lipinski definition) is 1. The zero-order chi connectivity index (χ0) is 15.2. The topological polar surface area (TPSA) is 29.1 Å². The van der Waals surface area contributed by atoms with Crippen LogP contribution in [0.25, 0.3) is 0 Å². The molecule has 0 saturated carbocycles. The summed E-state index contributed by atoms with van der Waals surface area (Å²) < 4.78 is 1.81. The number of halogens is 3. The van der Waals surface area contributed by atoms with Crippen molar-refractivity contribution in [1.82, 2.24) is 5.32 Å². The van der Waals surface area contributed by atoms with Crippen LogP contribution in [-0.2, 0) is 6.42 Å². The van der Waals surface area contributed by atoms with Crippen molar-refractivity contribution >= 4 is 56.0 Å². The maximum Gasteiger partial charge on any atom is 0.252 e. The smallest absolute Gasteiger partial charge is 0.252 e. The largest absolute Gasteiger partial charge is 0.348 e. The molecule has 1 amide bonds. The molecule has 0 aliphatic heterocycles. The van der Waals surface area contributed by atoms with Crippen LogP contribution in [0.2, 0.25) is 0 Å². The molecule has 0 aromatic heterocycles. The summed E-state index contributed by atoms with van der Waals surface area (Å²) in [6.07, 6.45) is 0.720. The highest BCUT2D eigenvalue weighted by atomic mass is 127. The Morgan fingerprint density at radius 1 is 1.24 bits per heavy atom.